The van der Waals surface area contributed by atoms with Crippen molar-refractivity contribution in [3.05, 3.63) is 59.7 Å². The van der Waals surface area contributed by atoms with Gasteiger partial charge in [0, 0.05) is 5.41 Å². The third kappa shape index (κ3) is 5.97. The molecule has 0 heterocycles. The van der Waals surface area contributed by atoms with Crippen LogP contribution in [-0.4, -0.2) is 11.7 Å². The summed E-state index contributed by atoms with van der Waals surface area (Å²) in [6.45, 7) is 15.0. The van der Waals surface area contributed by atoms with Gasteiger partial charge in [-0.3, -0.25) is 0 Å². The Morgan fingerprint density at radius 1 is 0.783 bits per heavy atom. The number of ether oxygens (including phenoxy) is 1. The van der Waals surface area contributed by atoms with Crippen LogP contribution in [0.25, 0.3) is 0 Å². The largest absolute Gasteiger partial charge is 0.508 e. The van der Waals surface area contributed by atoms with E-state index < -0.39 is 0 Å². The summed E-state index contributed by atoms with van der Waals surface area (Å²) in [4.78, 5) is 0. The molecule has 0 atom stereocenters. The summed E-state index contributed by atoms with van der Waals surface area (Å²) in [5.74, 6) is 1.19. The fourth-order valence-corrected chi connectivity index (χ4v) is 2.18. The molecule has 0 saturated carbocycles. The molecule has 1 N–H and O–H groups in total. The standard InChI is InChI=1S/C17H20O2.2C2H6/c1-4-19-16-11-7-14(8-12-16)17(2,3)13-5-9-15(18)10-6-13;2*1-2/h5-12,18H,4H2,1-3H3;2*1-2H3. The average Bonchev–Trinajstić information content (AvgIpc) is 2.60. The van der Waals surface area contributed by atoms with Crippen LogP contribution < -0.4 is 4.74 Å². The average molecular weight is 316 g/mol. The lowest BCUT2D eigenvalue weighted by atomic mass is 9.78. The molecule has 0 amide bonds. The highest BCUT2D eigenvalue weighted by Gasteiger charge is 2.22. The Kier molecular flexibility index (Phi) is 9.80. The van der Waals surface area contributed by atoms with E-state index in [0.717, 1.165) is 5.75 Å². The van der Waals surface area contributed by atoms with Gasteiger partial charge in [0.05, 0.1) is 6.61 Å². The van der Waals surface area contributed by atoms with Gasteiger partial charge < -0.3 is 9.84 Å². The van der Waals surface area contributed by atoms with Crippen LogP contribution in [0.1, 0.15) is 59.6 Å². The molecular weight excluding hydrogens is 284 g/mol. The van der Waals surface area contributed by atoms with E-state index in [2.05, 4.69) is 26.0 Å². The molecule has 0 spiro atoms. The van der Waals surface area contributed by atoms with Crippen LogP contribution in [0, 0.1) is 0 Å². The summed E-state index contributed by atoms with van der Waals surface area (Å²) < 4.78 is 5.46. The topological polar surface area (TPSA) is 29.5 Å². The highest BCUT2D eigenvalue weighted by atomic mass is 16.5. The van der Waals surface area contributed by atoms with Crippen molar-refractivity contribution in [3.63, 3.8) is 0 Å². The first kappa shape index (κ1) is 21.0. The Bertz CT molecular complexity index is 525. The van der Waals surface area contributed by atoms with Crippen molar-refractivity contribution in [2.24, 2.45) is 0 Å². The van der Waals surface area contributed by atoms with Crippen molar-refractivity contribution < 1.29 is 9.84 Å². The van der Waals surface area contributed by atoms with Crippen molar-refractivity contribution in [2.75, 3.05) is 6.61 Å². The minimum atomic E-state index is -0.0988. The maximum Gasteiger partial charge on any atom is 0.119 e. The van der Waals surface area contributed by atoms with E-state index in [0.29, 0.717) is 12.4 Å². The van der Waals surface area contributed by atoms with Gasteiger partial charge in [0.15, 0.2) is 0 Å². The van der Waals surface area contributed by atoms with Gasteiger partial charge in [0.25, 0.3) is 0 Å². The monoisotopic (exact) mass is 316 g/mol. The molecule has 2 aromatic rings. The number of hydrogen-bond donors (Lipinski definition) is 1. The zero-order valence-corrected chi connectivity index (χ0v) is 15.7. The highest BCUT2D eigenvalue weighted by Crippen LogP contribution is 2.33. The van der Waals surface area contributed by atoms with Gasteiger partial charge in [-0.2, -0.15) is 0 Å². The maximum absolute atomic E-state index is 9.37. The van der Waals surface area contributed by atoms with Crippen molar-refractivity contribution >= 4 is 0 Å². The molecule has 23 heavy (non-hydrogen) atoms. The summed E-state index contributed by atoms with van der Waals surface area (Å²) in [6.07, 6.45) is 0. The van der Waals surface area contributed by atoms with Gasteiger partial charge in [-0.05, 0) is 42.3 Å². The first-order chi connectivity index (χ1) is 11.0. The van der Waals surface area contributed by atoms with Crippen molar-refractivity contribution in [1.82, 2.24) is 0 Å². The van der Waals surface area contributed by atoms with Crippen LogP contribution in [0.3, 0.4) is 0 Å². The third-order valence-electron chi connectivity index (χ3n) is 3.48. The number of hydrogen-bond acceptors (Lipinski definition) is 2. The first-order valence-electron chi connectivity index (χ1n) is 8.57. The second-order valence-electron chi connectivity index (χ2n) is 5.13. The van der Waals surface area contributed by atoms with Gasteiger partial charge in [-0.1, -0.05) is 65.8 Å². The van der Waals surface area contributed by atoms with Gasteiger partial charge in [0.2, 0.25) is 0 Å². The zero-order chi connectivity index (χ0) is 17.9. The summed E-state index contributed by atoms with van der Waals surface area (Å²) >= 11 is 0. The molecule has 2 rings (SSSR count). The van der Waals surface area contributed by atoms with Crippen LogP contribution in [0.5, 0.6) is 11.5 Å². The predicted octanol–water partition coefficient (Wildman–Crippen LogP) is 6.17. The van der Waals surface area contributed by atoms with E-state index in [1.54, 1.807) is 12.1 Å². The smallest absolute Gasteiger partial charge is 0.119 e. The SMILES string of the molecule is CC.CC.CCOc1ccc(C(C)(C)c2ccc(O)cc2)cc1. The molecule has 0 aliphatic rings. The summed E-state index contributed by atoms with van der Waals surface area (Å²) in [5, 5.41) is 9.37. The van der Waals surface area contributed by atoms with E-state index in [1.165, 1.54) is 11.1 Å². The first-order valence-corrected chi connectivity index (χ1v) is 8.57. The molecule has 2 heteroatoms. The third-order valence-corrected chi connectivity index (χ3v) is 3.48. The lowest BCUT2D eigenvalue weighted by Gasteiger charge is -2.26. The molecule has 0 aliphatic carbocycles. The normalized spacial score (nSPS) is 9.87. The molecule has 2 nitrogen and oxygen atoms in total. The fourth-order valence-electron chi connectivity index (χ4n) is 2.18. The van der Waals surface area contributed by atoms with Crippen LogP contribution in [0.4, 0.5) is 0 Å². The van der Waals surface area contributed by atoms with Gasteiger partial charge >= 0.3 is 0 Å². The van der Waals surface area contributed by atoms with E-state index in [1.807, 2.05) is 58.9 Å². The van der Waals surface area contributed by atoms with Crippen LogP contribution in [0.15, 0.2) is 48.5 Å². The molecule has 0 aromatic heterocycles. The Balaban J connectivity index is 0.00000112. The maximum atomic E-state index is 9.37. The second-order valence-corrected chi connectivity index (χ2v) is 5.13. The van der Waals surface area contributed by atoms with Crippen LogP contribution in [0.2, 0.25) is 0 Å². The highest BCUT2D eigenvalue weighted by molar-refractivity contribution is 5.41. The molecule has 0 bridgehead atoms. The molecule has 128 valence electrons. The molecule has 0 saturated heterocycles. The minimum Gasteiger partial charge on any atom is -0.508 e. The Morgan fingerprint density at radius 3 is 1.57 bits per heavy atom. The van der Waals surface area contributed by atoms with E-state index >= 15 is 0 Å². The van der Waals surface area contributed by atoms with Gasteiger partial charge in [0.1, 0.15) is 11.5 Å². The number of phenols is 1. The van der Waals surface area contributed by atoms with Crippen molar-refractivity contribution in [2.45, 2.75) is 53.9 Å². The van der Waals surface area contributed by atoms with Crippen LogP contribution in [-0.2, 0) is 5.41 Å². The van der Waals surface area contributed by atoms with E-state index in [-0.39, 0.29) is 5.41 Å². The predicted molar refractivity (Wildman–Crippen MR) is 101 cm³/mol. The Morgan fingerprint density at radius 2 is 1.17 bits per heavy atom. The minimum absolute atomic E-state index is 0.0988. The summed E-state index contributed by atoms with van der Waals surface area (Å²) in [5.41, 5.74) is 2.30. The molecule has 2 aromatic carbocycles. The Hall–Kier alpha value is -1.96. The van der Waals surface area contributed by atoms with Crippen molar-refractivity contribution in [1.29, 1.82) is 0 Å². The van der Waals surface area contributed by atoms with Crippen LogP contribution >= 0.6 is 0 Å². The summed E-state index contributed by atoms with van der Waals surface area (Å²) in [6, 6.07) is 15.6. The Labute approximate surface area is 142 Å². The molecular formula is C21H32O2. The number of phenolic OH excluding ortho intramolecular Hbond substituents is 1. The van der Waals surface area contributed by atoms with Gasteiger partial charge in [-0.25, -0.2) is 0 Å². The molecule has 0 radical (unpaired) electrons. The van der Waals surface area contributed by atoms with E-state index in [9.17, 15) is 5.11 Å². The molecule has 0 fully saturated rings. The van der Waals surface area contributed by atoms with Gasteiger partial charge in [-0.15, -0.1) is 0 Å². The second kappa shape index (κ2) is 10.7. The summed E-state index contributed by atoms with van der Waals surface area (Å²) in [7, 11) is 0. The number of rotatable bonds is 4. The fraction of sp³-hybridized carbons (Fsp3) is 0.429. The molecule has 0 aliphatic heterocycles. The lowest BCUT2D eigenvalue weighted by molar-refractivity contribution is 0.340. The van der Waals surface area contributed by atoms with Crippen molar-refractivity contribution in [3.8, 4) is 11.5 Å². The quantitative estimate of drug-likeness (QED) is 0.731. The number of aromatic hydroxyl groups is 1. The molecule has 0 unspecified atom stereocenters. The van der Waals surface area contributed by atoms with E-state index in [4.69, 9.17) is 4.74 Å². The number of benzene rings is 2. The zero-order valence-electron chi connectivity index (χ0n) is 15.7. The lowest BCUT2D eigenvalue weighted by Crippen LogP contribution is -2.18.